The Bertz CT molecular complexity index is 860. The van der Waals surface area contributed by atoms with Crippen LogP contribution in [0.15, 0.2) is 6.07 Å². The molecule has 3 heterocycles. The van der Waals surface area contributed by atoms with Crippen LogP contribution in [0, 0.1) is 12.8 Å². The van der Waals surface area contributed by atoms with Crippen LogP contribution in [0.5, 0.6) is 0 Å². The standard InChI is InChI=1S/C18H23N5O2/c1-10-15-13(18(25)23-7-5-12(6-8-23)16(19)24)9-14(11-3-4-11)20-17(15)22(2)21-10/h9,11-12H,3-8H2,1-2H3,(H2,19,24). The van der Waals surface area contributed by atoms with Gasteiger partial charge < -0.3 is 10.6 Å². The third-order valence-corrected chi connectivity index (χ3v) is 5.40. The molecule has 25 heavy (non-hydrogen) atoms. The van der Waals surface area contributed by atoms with Crippen molar-refractivity contribution in [3.05, 3.63) is 23.0 Å². The third kappa shape index (κ3) is 2.77. The maximum Gasteiger partial charge on any atom is 0.254 e. The molecule has 1 aliphatic heterocycles. The van der Waals surface area contributed by atoms with Crippen molar-refractivity contribution < 1.29 is 9.59 Å². The monoisotopic (exact) mass is 341 g/mol. The molecule has 2 aliphatic rings. The van der Waals surface area contributed by atoms with E-state index in [2.05, 4.69) is 5.10 Å². The summed E-state index contributed by atoms with van der Waals surface area (Å²) < 4.78 is 1.76. The number of nitrogens with two attached hydrogens (primary N) is 1. The smallest absolute Gasteiger partial charge is 0.254 e. The molecule has 2 aromatic rings. The summed E-state index contributed by atoms with van der Waals surface area (Å²) in [5.41, 5.74) is 8.67. The molecule has 0 spiro atoms. The number of hydrogen-bond acceptors (Lipinski definition) is 4. The maximum absolute atomic E-state index is 13.2. The first-order valence-electron chi connectivity index (χ1n) is 8.88. The topological polar surface area (TPSA) is 94.1 Å². The number of likely N-dealkylation sites (tertiary alicyclic amines) is 1. The van der Waals surface area contributed by atoms with Gasteiger partial charge >= 0.3 is 0 Å². The first kappa shape index (κ1) is 16.1. The predicted octanol–water partition coefficient (Wildman–Crippen LogP) is 1.49. The quantitative estimate of drug-likeness (QED) is 0.915. The van der Waals surface area contributed by atoms with Gasteiger partial charge in [0.25, 0.3) is 5.91 Å². The number of amides is 2. The van der Waals surface area contributed by atoms with E-state index in [1.165, 1.54) is 0 Å². The average Bonchev–Trinajstić information content (AvgIpc) is 3.41. The maximum atomic E-state index is 13.2. The Balaban J connectivity index is 1.70. The second-order valence-corrected chi connectivity index (χ2v) is 7.25. The number of pyridine rings is 1. The molecule has 0 radical (unpaired) electrons. The lowest BCUT2D eigenvalue weighted by atomic mass is 9.95. The van der Waals surface area contributed by atoms with Crippen LogP contribution >= 0.6 is 0 Å². The number of fused-ring (bicyclic) bond motifs is 1. The minimum atomic E-state index is -0.266. The van der Waals surface area contributed by atoms with Crippen LogP contribution < -0.4 is 5.73 Å². The van der Waals surface area contributed by atoms with Crippen molar-refractivity contribution in [2.24, 2.45) is 18.7 Å². The van der Waals surface area contributed by atoms with Gasteiger partial charge in [0.2, 0.25) is 5.91 Å². The molecule has 7 nitrogen and oxygen atoms in total. The van der Waals surface area contributed by atoms with Crippen LogP contribution in [-0.2, 0) is 11.8 Å². The van der Waals surface area contributed by atoms with Crippen LogP contribution in [0.1, 0.15) is 53.3 Å². The molecule has 2 fully saturated rings. The molecule has 7 heteroatoms. The number of aromatic nitrogens is 3. The lowest BCUT2D eigenvalue weighted by Crippen LogP contribution is -2.41. The summed E-state index contributed by atoms with van der Waals surface area (Å²) in [6, 6.07) is 1.96. The van der Waals surface area contributed by atoms with E-state index >= 15 is 0 Å². The highest BCUT2D eigenvalue weighted by atomic mass is 16.2. The van der Waals surface area contributed by atoms with E-state index in [1.807, 2.05) is 24.9 Å². The van der Waals surface area contributed by atoms with Crippen molar-refractivity contribution >= 4 is 22.8 Å². The van der Waals surface area contributed by atoms with E-state index < -0.39 is 0 Å². The molecule has 0 bridgehead atoms. The zero-order valence-electron chi connectivity index (χ0n) is 14.7. The molecule has 132 valence electrons. The van der Waals surface area contributed by atoms with E-state index in [0.717, 1.165) is 35.3 Å². The normalized spacial score (nSPS) is 18.7. The number of hydrogen-bond donors (Lipinski definition) is 1. The van der Waals surface area contributed by atoms with Crippen LogP contribution in [0.2, 0.25) is 0 Å². The molecule has 4 rings (SSSR count). The number of nitrogens with zero attached hydrogens (tertiary/aromatic N) is 4. The Morgan fingerprint density at radius 1 is 1.20 bits per heavy atom. The van der Waals surface area contributed by atoms with Gasteiger partial charge in [-0.2, -0.15) is 5.10 Å². The van der Waals surface area contributed by atoms with Gasteiger partial charge in [-0.05, 0) is 38.7 Å². The van der Waals surface area contributed by atoms with E-state index in [9.17, 15) is 9.59 Å². The van der Waals surface area contributed by atoms with Crippen LogP contribution in [0.4, 0.5) is 0 Å². The number of piperidine rings is 1. The van der Waals surface area contributed by atoms with Crippen LogP contribution in [-0.4, -0.2) is 44.6 Å². The third-order valence-electron chi connectivity index (χ3n) is 5.40. The van der Waals surface area contributed by atoms with E-state index in [1.54, 1.807) is 4.68 Å². The van der Waals surface area contributed by atoms with Crippen molar-refractivity contribution in [2.45, 2.75) is 38.5 Å². The van der Waals surface area contributed by atoms with Gasteiger partial charge in [0, 0.05) is 37.7 Å². The fourth-order valence-corrected chi connectivity index (χ4v) is 3.76. The zero-order chi connectivity index (χ0) is 17.7. The van der Waals surface area contributed by atoms with Crippen LogP contribution in [0.25, 0.3) is 11.0 Å². The molecule has 0 aromatic carbocycles. The summed E-state index contributed by atoms with van der Waals surface area (Å²) in [6.45, 7) is 3.04. The number of aryl methyl sites for hydroxylation is 2. The van der Waals surface area contributed by atoms with Gasteiger partial charge in [0.15, 0.2) is 5.65 Å². The van der Waals surface area contributed by atoms with Crippen molar-refractivity contribution in [3.8, 4) is 0 Å². The Morgan fingerprint density at radius 3 is 2.48 bits per heavy atom. The first-order valence-corrected chi connectivity index (χ1v) is 8.88. The zero-order valence-corrected chi connectivity index (χ0v) is 14.7. The number of rotatable bonds is 3. The van der Waals surface area contributed by atoms with Crippen molar-refractivity contribution in [1.29, 1.82) is 0 Å². The Hall–Kier alpha value is -2.44. The van der Waals surface area contributed by atoms with Crippen molar-refractivity contribution in [1.82, 2.24) is 19.7 Å². The highest BCUT2D eigenvalue weighted by Gasteiger charge is 2.31. The summed E-state index contributed by atoms with van der Waals surface area (Å²) in [5.74, 6) is 0.0845. The molecular formula is C18H23N5O2. The van der Waals surface area contributed by atoms with Gasteiger partial charge in [0.05, 0.1) is 16.6 Å². The highest BCUT2D eigenvalue weighted by Crippen LogP contribution is 2.40. The summed E-state index contributed by atoms with van der Waals surface area (Å²) in [7, 11) is 1.87. The van der Waals surface area contributed by atoms with Crippen molar-refractivity contribution in [3.63, 3.8) is 0 Å². The minimum absolute atomic E-state index is 0.00770. The number of carbonyl (C=O) groups excluding carboxylic acids is 2. The predicted molar refractivity (Wildman–Crippen MR) is 93.0 cm³/mol. The molecule has 1 aliphatic carbocycles. The summed E-state index contributed by atoms with van der Waals surface area (Å²) in [4.78, 5) is 31.1. The fraction of sp³-hybridized carbons (Fsp3) is 0.556. The highest BCUT2D eigenvalue weighted by molar-refractivity contribution is 6.06. The second-order valence-electron chi connectivity index (χ2n) is 7.25. The summed E-state index contributed by atoms with van der Waals surface area (Å²) in [5, 5.41) is 5.30. The molecule has 1 saturated carbocycles. The average molecular weight is 341 g/mol. The van der Waals surface area contributed by atoms with Crippen molar-refractivity contribution in [2.75, 3.05) is 13.1 Å². The molecule has 1 saturated heterocycles. The molecule has 0 unspecified atom stereocenters. The van der Waals surface area contributed by atoms with Gasteiger partial charge in [-0.3, -0.25) is 14.3 Å². The van der Waals surface area contributed by atoms with Gasteiger partial charge in [0.1, 0.15) is 0 Å². The Morgan fingerprint density at radius 2 is 1.88 bits per heavy atom. The van der Waals surface area contributed by atoms with E-state index in [4.69, 9.17) is 10.7 Å². The number of carbonyl (C=O) groups is 2. The molecule has 2 N–H and O–H groups in total. The van der Waals surface area contributed by atoms with Gasteiger partial charge in [-0.25, -0.2) is 4.98 Å². The minimum Gasteiger partial charge on any atom is -0.369 e. The lowest BCUT2D eigenvalue weighted by Gasteiger charge is -2.30. The van der Waals surface area contributed by atoms with Gasteiger partial charge in [-0.15, -0.1) is 0 Å². The Labute approximate surface area is 146 Å². The SMILES string of the molecule is Cc1nn(C)c2nc(C3CC3)cc(C(=O)N3CCC(C(N)=O)CC3)c12. The summed E-state index contributed by atoms with van der Waals surface area (Å²) >= 11 is 0. The van der Waals surface area contributed by atoms with Crippen LogP contribution in [0.3, 0.4) is 0 Å². The lowest BCUT2D eigenvalue weighted by molar-refractivity contribution is -0.123. The van der Waals surface area contributed by atoms with E-state index in [-0.39, 0.29) is 17.7 Å². The second kappa shape index (κ2) is 5.82. The molecular weight excluding hydrogens is 318 g/mol. The Kier molecular flexibility index (Phi) is 3.74. The number of primary amides is 1. The molecule has 2 amide bonds. The largest absolute Gasteiger partial charge is 0.369 e. The summed E-state index contributed by atoms with van der Waals surface area (Å²) in [6.07, 6.45) is 3.54. The molecule has 0 atom stereocenters. The van der Waals surface area contributed by atoms with E-state index in [0.29, 0.717) is 37.4 Å². The first-order chi connectivity index (χ1) is 12.0. The molecule has 2 aromatic heterocycles. The van der Waals surface area contributed by atoms with Gasteiger partial charge in [-0.1, -0.05) is 0 Å². The fourth-order valence-electron chi connectivity index (χ4n) is 3.76.